The molecular weight excluding hydrogens is 681 g/mol. The van der Waals surface area contributed by atoms with E-state index < -0.39 is 0 Å². The summed E-state index contributed by atoms with van der Waals surface area (Å²) in [5.74, 6) is 13.0. The molecule has 0 saturated heterocycles. The molecule has 8 aliphatic carbocycles. The molecule has 0 amide bonds. The van der Waals surface area contributed by atoms with Gasteiger partial charge in [-0.25, -0.2) is 0 Å². The molecule has 18 atom stereocenters. The molecule has 8 saturated carbocycles. The van der Waals surface area contributed by atoms with Crippen LogP contribution in [0.25, 0.3) is 0 Å². The highest BCUT2D eigenvalue weighted by molar-refractivity contribution is 5.11. The molecule has 2 nitrogen and oxygen atoms in total. The highest BCUT2D eigenvalue weighted by Gasteiger charge is 2.62. The lowest BCUT2D eigenvalue weighted by Crippen LogP contribution is -2.54. The molecule has 0 bridgehead atoms. The maximum absolute atomic E-state index is 10.3. The van der Waals surface area contributed by atoms with Gasteiger partial charge in [-0.2, -0.15) is 0 Å². The van der Waals surface area contributed by atoms with Gasteiger partial charge in [0.15, 0.2) is 0 Å². The molecule has 324 valence electrons. The van der Waals surface area contributed by atoms with Gasteiger partial charge in [-0.15, -0.1) is 0 Å². The zero-order valence-corrected chi connectivity index (χ0v) is 39.1. The molecular formula is C54H96O2. The van der Waals surface area contributed by atoms with Crippen LogP contribution in [0.4, 0.5) is 0 Å². The zero-order chi connectivity index (χ0) is 40.2. The maximum Gasteiger partial charge on any atom is 0.0543 e. The maximum atomic E-state index is 10.3. The van der Waals surface area contributed by atoms with Crippen LogP contribution < -0.4 is 0 Å². The van der Waals surface area contributed by atoms with Crippen molar-refractivity contribution in [1.29, 1.82) is 0 Å². The lowest BCUT2D eigenvalue weighted by molar-refractivity contribution is -0.129. The third-order valence-corrected chi connectivity index (χ3v) is 21.7. The fourth-order valence-corrected chi connectivity index (χ4v) is 18.5. The summed E-state index contributed by atoms with van der Waals surface area (Å²) in [4.78, 5) is 0. The van der Waals surface area contributed by atoms with E-state index in [0.717, 1.165) is 109 Å². The number of rotatable bonds is 10. The van der Waals surface area contributed by atoms with Gasteiger partial charge in [0.1, 0.15) is 0 Å². The molecule has 0 radical (unpaired) electrons. The van der Waals surface area contributed by atoms with Gasteiger partial charge >= 0.3 is 0 Å². The van der Waals surface area contributed by atoms with E-state index in [1.54, 1.807) is 0 Å². The molecule has 8 aliphatic rings. The normalized spacial score (nSPS) is 49.4. The Labute approximate surface area is 349 Å². The lowest BCUT2D eigenvalue weighted by atomic mass is 9.44. The fourth-order valence-electron chi connectivity index (χ4n) is 18.5. The Morgan fingerprint density at radius 1 is 0.411 bits per heavy atom. The smallest absolute Gasteiger partial charge is 0.0543 e. The highest BCUT2D eigenvalue weighted by Crippen LogP contribution is 2.70. The molecule has 2 heteroatoms. The summed E-state index contributed by atoms with van der Waals surface area (Å²) in [6.07, 6.45) is 33.2. The second kappa shape index (κ2) is 17.4. The number of aliphatic hydroxyl groups excluding tert-OH is 2. The molecule has 0 aromatic heterocycles. The van der Waals surface area contributed by atoms with Gasteiger partial charge in [-0.3, -0.25) is 0 Å². The van der Waals surface area contributed by atoms with Crippen LogP contribution in [0.2, 0.25) is 0 Å². The quantitative estimate of drug-likeness (QED) is 0.232. The molecule has 8 rings (SSSR count). The van der Waals surface area contributed by atoms with E-state index in [4.69, 9.17) is 0 Å². The van der Waals surface area contributed by atoms with Crippen LogP contribution in [0.15, 0.2) is 0 Å². The topological polar surface area (TPSA) is 40.5 Å². The standard InChI is InChI=1S/2C27H48O/c2*1-18(2)7-6-8-19(3)23-11-12-24-22-10-9-20-17-21(28)13-15-26(20,4)25(22)14-16-27(23,24)5/h2*18-25,28H,6-17H2,1-5H3/t2*19-,20+,21+,22+,23-,24+,25+,26+,27-/m11/s1. The summed E-state index contributed by atoms with van der Waals surface area (Å²) >= 11 is 0. The van der Waals surface area contributed by atoms with Crippen molar-refractivity contribution in [3.05, 3.63) is 0 Å². The second-order valence-corrected chi connectivity index (χ2v) is 25.2. The summed E-state index contributed by atoms with van der Waals surface area (Å²) in [5, 5.41) is 20.5. The van der Waals surface area contributed by atoms with E-state index in [9.17, 15) is 10.2 Å². The average Bonchev–Trinajstić information content (AvgIpc) is 3.69. The number of fused-ring (bicyclic) bond motifs is 10. The van der Waals surface area contributed by atoms with Gasteiger partial charge in [0.2, 0.25) is 0 Å². The van der Waals surface area contributed by atoms with E-state index >= 15 is 0 Å². The first kappa shape index (κ1) is 44.0. The summed E-state index contributed by atoms with van der Waals surface area (Å²) in [5.41, 5.74) is 2.31. The molecule has 2 N–H and O–H groups in total. The molecule has 0 heterocycles. The van der Waals surface area contributed by atoms with Gasteiger partial charge in [-0.05, 0) is 220 Å². The first-order chi connectivity index (χ1) is 26.5. The van der Waals surface area contributed by atoms with Crippen LogP contribution in [-0.2, 0) is 0 Å². The van der Waals surface area contributed by atoms with Gasteiger partial charge < -0.3 is 10.2 Å². The van der Waals surface area contributed by atoms with Crippen molar-refractivity contribution in [2.45, 2.75) is 236 Å². The SMILES string of the molecule is CC(C)CCC[C@@H](C)[C@H]1CC[C@H]2[C@@H]3CC[C@H]4C[C@@H](O)CC[C@]4(C)[C@H]3CC[C@]12C.CC(C)CCC[C@@H](C)[C@H]1CC[C@H]2[C@@H]3CC[C@H]4C[C@@H](O)CC[C@]4(C)[C@H]3CC[C@]12C. The first-order valence-electron chi connectivity index (χ1n) is 25.9. The van der Waals surface area contributed by atoms with Crippen molar-refractivity contribution in [3.63, 3.8) is 0 Å². The predicted octanol–water partition coefficient (Wildman–Crippen LogP) is 14.9. The number of aliphatic hydroxyl groups is 2. The van der Waals surface area contributed by atoms with Crippen LogP contribution in [0.3, 0.4) is 0 Å². The number of hydrogen-bond acceptors (Lipinski definition) is 2. The molecule has 8 fully saturated rings. The van der Waals surface area contributed by atoms with E-state index in [2.05, 4.69) is 69.2 Å². The van der Waals surface area contributed by atoms with E-state index in [0.29, 0.717) is 21.7 Å². The molecule has 0 aliphatic heterocycles. The minimum atomic E-state index is -0.00830. The Hall–Kier alpha value is -0.0800. The fraction of sp³-hybridized carbons (Fsp3) is 1.00. The average molecular weight is 777 g/mol. The Morgan fingerprint density at radius 2 is 0.768 bits per heavy atom. The molecule has 0 spiro atoms. The Morgan fingerprint density at radius 3 is 1.14 bits per heavy atom. The van der Waals surface area contributed by atoms with Crippen molar-refractivity contribution >= 4 is 0 Å². The molecule has 0 aromatic rings. The van der Waals surface area contributed by atoms with Gasteiger partial charge in [0.25, 0.3) is 0 Å². The summed E-state index contributed by atoms with van der Waals surface area (Å²) in [6.45, 7) is 25.4. The van der Waals surface area contributed by atoms with E-state index in [1.165, 1.54) is 128 Å². The molecule has 0 unspecified atom stereocenters. The van der Waals surface area contributed by atoms with Crippen molar-refractivity contribution in [1.82, 2.24) is 0 Å². The Bertz CT molecular complexity index is 1180. The Kier molecular flexibility index (Phi) is 13.6. The summed E-state index contributed by atoms with van der Waals surface area (Å²) in [6, 6.07) is 0. The van der Waals surface area contributed by atoms with Gasteiger partial charge in [0.05, 0.1) is 12.2 Å². The highest BCUT2D eigenvalue weighted by atomic mass is 16.3. The second-order valence-electron chi connectivity index (χ2n) is 25.2. The summed E-state index contributed by atoms with van der Waals surface area (Å²) in [7, 11) is 0. The largest absolute Gasteiger partial charge is 0.393 e. The van der Waals surface area contributed by atoms with E-state index in [1.807, 2.05) is 0 Å². The minimum Gasteiger partial charge on any atom is -0.393 e. The van der Waals surface area contributed by atoms with Crippen LogP contribution >= 0.6 is 0 Å². The van der Waals surface area contributed by atoms with Crippen molar-refractivity contribution in [3.8, 4) is 0 Å². The molecule has 56 heavy (non-hydrogen) atoms. The van der Waals surface area contributed by atoms with Crippen LogP contribution in [0, 0.1) is 105 Å². The first-order valence-corrected chi connectivity index (χ1v) is 25.9. The minimum absolute atomic E-state index is 0.00830. The van der Waals surface area contributed by atoms with Crippen molar-refractivity contribution in [2.75, 3.05) is 0 Å². The third kappa shape index (κ3) is 8.17. The van der Waals surface area contributed by atoms with Gasteiger partial charge in [0, 0.05) is 0 Å². The summed E-state index contributed by atoms with van der Waals surface area (Å²) < 4.78 is 0. The van der Waals surface area contributed by atoms with Crippen LogP contribution in [-0.4, -0.2) is 22.4 Å². The zero-order valence-electron chi connectivity index (χ0n) is 39.1. The Balaban J connectivity index is 0.000000172. The van der Waals surface area contributed by atoms with Crippen LogP contribution in [0.5, 0.6) is 0 Å². The van der Waals surface area contributed by atoms with Gasteiger partial charge in [-0.1, -0.05) is 108 Å². The third-order valence-electron chi connectivity index (χ3n) is 21.7. The molecule has 0 aromatic carbocycles. The lowest BCUT2D eigenvalue weighted by Gasteiger charge is -2.61. The van der Waals surface area contributed by atoms with Crippen molar-refractivity contribution < 1.29 is 10.2 Å². The monoisotopic (exact) mass is 777 g/mol. The van der Waals surface area contributed by atoms with E-state index in [-0.39, 0.29) is 12.2 Å². The van der Waals surface area contributed by atoms with Crippen molar-refractivity contribution in [2.24, 2.45) is 105 Å². The van der Waals surface area contributed by atoms with Crippen LogP contribution in [0.1, 0.15) is 223 Å². The predicted molar refractivity (Wildman–Crippen MR) is 238 cm³/mol. The number of hydrogen-bond donors (Lipinski definition) is 2.